The van der Waals surface area contributed by atoms with Gasteiger partial charge in [-0.3, -0.25) is 4.79 Å². The van der Waals surface area contributed by atoms with E-state index >= 15 is 0 Å². The number of Topliss-reactive ketones (excluding diaryl/α,β-unsaturated/α-hetero) is 1. The fourth-order valence-electron chi connectivity index (χ4n) is 7.18. The van der Waals surface area contributed by atoms with Gasteiger partial charge in [-0.05, 0) is 125 Å². The largest absolute Gasteiger partial charge is 0.389 e. The summed E-state index contributed by atoms with van der Waals surface area (Å²) in [5.74, 6) is 2.10. The molecule has 1 aliphatic heterocycles. The molecule has 44 heavy (non-hydrogen) atoms. The van der Waals surface area contributed by atoms with E-state index in [2.05, 4.69) is 71.6 Å². The van der Waals surface area contributed by atoms with E-state index in [-0.39, 0.29) is 5.92 Å². The van der Waals surface area contributed by atoms with Crippen molar-refractivity contribution in [1.82, 2.24) is 14.9 Å². The molecular weight excluding hydrogens is 570 g/mol. The quantitative estimate of drug-likeness (QED) is 0.226. The Morgan fingerprint density at radius 3 is 2.50 bits per heavy atom. The van der Waals surface area contributed by atoms with Gasteiger partial charge in [0.25, 0.3) is 0 Å². The molecule has 7 nitrogen and oxygen atoms in total. The lowest BCUT2D eigenvalue weighted by molar-refractivity contribution is -0.124. The highest BCUT2D eigenvalue weighted by atomic mass is 35.5. The summed E-state index contributed by atoms with van der Waals surface area (Å²) < 4.78 is 0. The first kappa shape index (κ1) is 32.4. The van der Waals surface area contributed by atoms with Gasteiger partial charge in [0.1, 0.15) is 10.8 Å². The summed E-state index contributed by atoms with van der Waals surface area (Å²) in [5, 5.41) is 17.5. The van der Waals surface area contributed by atoms with Gasteiger partial charge in [0, 0.05) is 30.6 Å². The van der Waals surface area contributed by atoms with Crippen molar-refractivity contribution >= 4 is 34.8 Å². The average Bonchev–Trinajstić information content (AvgIpc) is 2.97. The molecule has 1 fully saturated rings. The van der Waals surface area contributed by atoms with Crippen LogP contribution in [-0.2, 0) is 16.8 Å². The van der Waals surface area contributed by atoms with Crippen molar-refractivity contribution in [2.75, 3.05) is 30.3 Å². The number of piperidine rings is 1. The number of likely N-dealkylation sites (tertiary alicyclic amines) is 1. The van der Waals surface area contributed by atoms with Crippen LogP contribution >= 0.6 is 11.6 Å². The third-order valence-corrected chi connectivity index (χ3v) is 10.0. The summed E-state index contributed by atoms with van der Waals surface area (Å²) in [6.07, 6.45) is 5.35. The number of carbonyl (C=O) groups excluding carboxylic acids is 1. The predicted octanol–water partition coefficient (Wildman–Crippen LogP) is 7.80. The van der Waals surface area contributed by atoms with Crippen molar-refractivity contribution in [1.29, 1.82) is 0 Å². The number of anilines is 3. The topological polar surface area (TPSA) is 90.4 Å². The van der Waals surface area contributed by atoms with Crippen molar-refractivity contribution in [3.63, 3.8) is 0 Å². The van der Waals surface area contributed by atoms with Crippen LogP contribution in [-0.4, -0.2) is 51.0 Å². The van der Waals surface area contributed by atoms with E-state index in [0.29, 0.717) is 48.0 Å². The molecule has 1 atom stereocenters. The van der Waals surface area contributed by atoms with Gasteiger partial charge in [0.2, 0.25) is 5.95 Å². The molecule has 0 spiro atoms. The number of β-amino-alcohol motifs (C(OH)–C–C–N with tert-alkyl or cyclic N) is 1. The normalized spacial score (nSPS) is 19.1. The van der Waals surface area contributed by atoms with Crippen LogP contribution in [0.3, 0.4) is 0 Å². The van der Waals surface area contributed by atoms with Crippen LogP contribution in [0.2, 0.25) is 5.02 Å². The van der Waals surface area contributed by atoms with Gasteiger partial charge in [-0.25, -0.2) is 4.98 Å². The van der Waals surface area contributed by atoms with E-state index in [4.69, 9.17) is 16.6 Å². The molecule has 1 aromatic heterocycles. The molecular formula is C36H48ClN5O2. The number of ketones is 1. The molecule has 0 amide bonds. The molecule has 5 rings (SSSR count). The molecule has 236 valence electrons. The Labute approximate surface area is 267 Å². The monoisotopic (exact) mass is 617 g/mol. The van der Waals surface area contributed by atoms with Crippen molar-refractivity contribution in [2.24, 2.45) is 0 Å². The maximum atomic E-state index is 13.1. The first-order chi connectivity index (χ1) is 20.8. The highest BCUT2D eigenvalue weighted by molar-refractivity contribution is 6.32. The number of aliphatic hydroxyl groups is 1. The highest BCUT2D eigenvalue weighted by Gasteiger charge is 2.40. The van der Waals surface area contributed by atoms with Crippen molar-refractivity contribution < 1.29 is 9.90 Å². The van der Waals surface area contributed by atoms with E-state index < -0.39 is 11.0 Å². The number of fused-ring (bicyclic) bond motifs is 1. The molecule has 0 saturated carbocycles. The van der Waals surface area contributed by atoms with Gasteiger partial charge in [-0.2, -0.15) is 4.98 Å². The molecule has 1 unspecified atom stereocenters. The van der Waals surface area contributed by atoms with E-state index in [0.717, 1.165) is 49.2 Å². The van der Waals surface area contributed by atoms with E-state index in [1.807, 2.05) is 27.7 Å². The second kappa shape index (κ2) is 12.8. The summed E-state index contributed by atoms with van der Waals surface area (Å²) in [7, 11) is 0. The Bertz CT molecular complexity index is 1520. The van der Waals surface area contributed by atoms with Crippen molar-refractivity contribution in [3.8, 4) is 0 Å². The number of benzene rings is 2. The smallest absolute Gasteiger partial charge is 0.229 e. The average molecular weight is 618 g/mol. The predicted molar refractivity (Wildman–Crippen MR) is 180 cm³/mol. The van der Waals surface area contributed by atoms with E-state index in [1.54, 1.807) is 6.20 Å². The number of hydrogen-bond acceptors (Lipinski definition) is 7. The number of carbonyl (C=O) groups is 1. The van der Waals surface area contributed by atoms with Gasteiger partial charge >= 0.3 is 0 Å². The molecule has 2 aromatic carbocycles. The Morgan fingerprint density at radius 2 is 1.82 bits per heavy atom. The minimum atomic E-state index is -0.664. The first-order valence-electron chi connectivity index (χ1n) is 16.0. The van der Waals surface area contributed by atoms with Gasteiger partial charge in [0.15, 0.2) is 5.82 Å². The fourth-order valence-corrected chi connectivity index (χ4v) is 7.34. The fraction of sp³-hybridized carbons (Fsp3) is 0.528. The number of aromatic nitrogens is 2. The van der Waals surface area contributed by atoms with Gasteiger partial charge in [-0.1, -0.05) is 42.8 Å². The second-order valence-corrected chi connectivity index (χ2v) is 14.3. The number of nitrogens with zero attached hydrogens (tertiary/aromatic N) is 3. The van der Waals surface area contributed by atoms with Crippen molar-refractivity contribution in [3.05, 3.63) is 74.9 Å². The molecule has 1 saturated heterocycles. The third-order valence-electron chi connectivity index (χ3n) is 9.77. The van der Waals surface area contributed by atoms with E-state index in [9.17, 15) is 9.90 Å². The minimum absolute atomic E-state index is 0.258. The third kappa shape index (κ3) is 6.80. The van der Waals surface area contributed by atoms with Gasteiger partial charge in [-0.15, -0.1) is 0 Å². The van der Waals surface area contributed by atoms with Gasteiger partial charge in [0.05, 0.1) is 11.8 Å². The van der Waals surface area contributed by atoms with Crippen molar-refractivity contribution in [2.45, 2.75) is 104 Å². The summed E-state index contributed by atoms with van der Waals surface area (Å²) >= 11 is 6.56. The zero-order chi connectivity index (χ0) is 31.8. The standard InChI is InChI=1S/C36H48ClN5O2/c1-8-24-18-31(43)36(6,7)32-26(10-9-11-28(24)32)19-38-33-29(37)20-39-34(41-33)40-30-13-12-27(22(2)23(30)3)25-14-16-42(17-15-25)21-35(4,5)44/h9-13,20,24-25,44H,8,14-19,21H2,1-7H3,(H2,38,39,40,41). The van der Waals surface area contributed by atoms with Crippen LogP contribution in [0.25, 0.3) is 0 Å². The maximum absolute atomic E-state index is 13.1. The zero-order valence-electron chi connectivity index (χ0n) is 27.4. The van der Waals surface area contributed by atoms with Crippen LogP contribution in [0, 0.1) is 13.8 Å². The SMILES string of the molecule is CCC1CC(=O)C(C)(C)c2c(CNc3nc(Nc4ccc(C5CCN(CC(C)(C)O)CC5)c(C)c4C)ncc3Cl)cccc21. The van der Waals surface area contributed by atoms with Crippen LogP contribution in [0.4, 0.5) is 17.5 Å². The maximum Gasteiger partial charge on any atom is 0.229 e. The summed E-state index contributed by atoms with van der Waals surface area (Å²) in [6, 6.07) is 10.7. The number of hydrogen-bond donors (Lipinski definition) is 3. The van der Waals surface area contributed by atoms with Crippen LogP contribution in [0.5, 0.6) is 0 Å². The summed E-state index contributed by atoms with van der Waals surface area (Å²) in [6.45, 7) is 17.6. The lowest BCUT2D eigenvalue weighted by Crippen LogP contribution is -2.42. The molecule has 2 aliphatic rings. The highest BCUT2D eigenvalue weighted by Crippen LogP contribution is 2.43. The summed E-state index contributed by atoms with van der Waals surface area (Å²) in [4.78, 5) is 24.7. The van der Waals surface area contributed by atoms with Gasteiger partial charge < -0.3 is 20.6 Å². The van der Waals surface area contributed by atoms with Crippen LogP contribution in [0.15, 0.2) is 36.5 Å². The Kier molecular flexibility index (Phi) is 9.41. The van der Waals surface area contributed by atoms with Crippen LogP contribution in [0.1, 0.15) is 106 Å². The number of nitrogens with one attached hydrogen (secondary N) is 2. The zero-order valence-corrected chi connectivity index (χ0v) is 28.1. The number of rotatable bonds is 9. The Balaban J connectivity index is 1.30. The minimum Gasteiger partial charge on any atom is -0.389 e. The lowest BCUT2D eigenvalue weighted by atomic mass is 9.66. The molecule has 0 radical (unpaired) electrons. The Morgan fingerprint density at radius 1 is 1.09 bits per heavy atom. The molecule has 1 aliphatic carbocycles. The second-order valence-electron chi connectivity index (χ2n) is 13.9. The molecule has 0 bridgehead atoms. The number of halogens is 1. The lowest BCUT2D eigenvalue weighted by Gasteiger charge is -2.37. The first-order valence-corrected chi connectivity index (χ1v) is 16.4. The summed E-state index contributed by atoms with van der Waals surface area (Å²) in [5.41, 5.74) is 7.15. The molecule has 3 aromatic rings. The van der Waals surface area contributed by atoms with Crippen LogP contribution < -0.4 is 10.6 Å². The molecule has 3 N–H and O–H groups in total. The Hall–Kier alpha value is -3.00. The molecule has 8 heteroatoms. The molecule has 2 heterocycles. The van der Waals surface area contributed by atoms with E-state index in [1.165, 1.54) is 22.3 Å².